The Kier molecular flexibility index (Phi) is 13.9. The van der Waals surface area contributed by atoms with Crippen molar-refractivity contribution in [2.75, 3.05) is 46.4 Å². The first-order valence-corrected chi connectivity index (χ1v) is 14.0. The molecule has 1 heterocycles. The summed E-state index contributed by atoms with van der Waals surface area (Å²) in [7, 11) is 1.87. The molecule has 1 aliphatic heterocycles. The van der Waals surface area contributed by atoms with Crippen LogP contribution in [0.4, 0.5) is 0 Å². The van der Waals surface area contributed by atoms with E-state index in [1.165, 1.54) is 31.2 Å². The normalized spacial score (nSPS) is 22.9. The highest BCUT2D eigenvalue weighted by molar-refractivity contribution is 5.85. The largest absolute Gasteiger partial charge is 0.494 e. The monoisotopic (exact) mass is 566 g/mol. The number of unbranched alkanes of at least 4 members (excludes halogenated alkanes) is 1. The number of hydrogen-bond donors (Lipinski definition) is 1. The van der Waals surface area contributed by atoms with Crippen LogP contribution < -0.4 is 4.74 Å². The van der Waals surface area contributed by atoms with Crippen LogP contribution in [0.15, 0.2) is 54.6 Å². The summed E-state index contributed by atoms with van der Waals surface area (Å²) in [4.78, 5) is 5.19. The predicted octanol–water partition coefficient (Wildman–Crippen LogP) is 6.28. The maximum atomic E-state index is 12.0. The molecule has 38 heavy (non-hydrogen) atoms. The van der Waals surface area contributed by atoms with E-state index in [0.29, 0.717) is 12.1 Å². The maximum absolute atomic E-state index is 12.0. The second-order valence-corrected chi connectivity index (χ2v) is 10.8. The molecule has 4 atom stereocenters. The van der Waals surface area contributed by atoms with E-state index in [4.69, 9.17) is 9.47 Å². The Morgan fingerprint density at radius 2 is 1.61 bits per heavy atom. The van der Waals surface area contributed by atoms with Gasteiger partial charge in [0.05, 0.1) is 18.3 Å². The fourth-order valence-corrected chi connectivity index (χ4v) is 6.02. The molecule has 2 aromatic rings. The van der Waals surface area contributed by atoms with Crippen LogP contribution in [0.5, 0.6) is 5.75 Å². The summed E-state index contributed by atoms with van der Waals surface area (Å²) >= 11 is 0. The van der Waals surface area contributed by atoms with Crippen molar-refractivity contribution in [2.24, 2.45) is 0 Å². The van der Waals surface area contributed by atoms with Gasteiger partial charge in [-0.15, -0.1) is 24.8 Å². The molecule has 0 radical (unpaired) electrons. The summed E-state index contributed by atoms with van der Waals surface area (Å²) in [5.74, 6) is 0.839. The number of methoxy groups -OCH3 is 1. The first-order valence-electron chi connectivity index (χ1n) is 14.0. The number of halogens is 2. The Bertz CT molecular complexity index is 905. The van der Waals surface area contributed by atoms with Crippen molar-refractivity contribution in [2.45, 2.75) is 76.0 Å². The molecule has 1 N–H and O–H groups in total. The molecule has 4 unspecified atom stereocenters. The van der Waals surface area contributed by atoms with Crippen LogP contribution in [-0.2, 0) is 10.3 Å². The van der Waals surface area contributed by atoms with Gasteiger partial charge in [0.15, 0.2) is 0 Å². The quantitative estimate of drug-likeness (QED) is 0.324. The highest BCUT2D eigenvalue weighted by atomic mass is 35.5. The van der Waals surface area contributed by atoms with Gasteiger partial charge in [0.1, 0.15) is 5.75 Å². The third-order valence-corrected chi connectivity index (χ3v) is 8.37. The summed E-state index contributed by atoms with van der Waals surface area (Å²) in [6.07, 6.45) is 7.57. The first-order chi connectivity index (χ1) is 17.5. The van der Waals surface area contributed by atoms with Crippen LogP contribution in [0.2, 0.25) is 0 Å². The van der Waals surface area contributed by atoms with Gasteiger partial charge in [0.25, 0.3) is 0 Å². The minimum atomic E-state index is -0.995. The molecule has 0 spiro atoms. The third kappa shape index (κ3) is 8.33. The van der Waals surface area contributed by atoms with E-state index in [1.807, 2.05) is 44.4 Å². The zero-order chi connectivity index (χ0) is 25.4. The number of aliphatic hydroxyl groups is 1. The molecule has 214 valence electrons. The highest BCUT2D eigenvalue weighted by Gasteiger charge is 2.38. The number of nitrogens with zero attached hydrogens (tertiary/aromatic N) is 2. The molecule has 4 rings (SSSR count). The lowest BCUT2D eigenvalue weighted by Gasteiger charge is -2.45. The fraction of sp³-hybridized carbons (Fsp3) is 0.613. The molecule has 2 aromatic carbocycles. The molecular weight excluding hydrogens is 519 g/mol. The lowest BCUT2D eigenvalue weighted by atomic mass is 9.78. The molecule has 1 saturated heterocycles. The van der Waals surface area contributed by atoms with Gasteiger partial charge in [-0.1, -0.05) is 68.7 Å². The van der Waals surface area contributed by atoms with Crippen LogP contribution in [-0.4, -0.2) is 73.5 Å². The number of ether oxygens (including phenoxy) is 2. The number of rotatable bonds is 11. The fourth-order valence-electron chi connectivity index (χ4n) is 6.02. The van der Waals surface area contributed by atoms with Crippen molar-refractivity contribution in [3.05, 3.63) is 65.7 Å². The van der Waals surface area contributed by atoms with E-state index < -0.39 is 5.60 Å². The maximum Gasteiger partial charge on any atom is 0.119 e. The Morgan fingerprint density at radius 3 is 2.24 bits per heavy atom. The summed E-state index contributed by atoms with van der Waals surface area (Å²) < 4.78 is 11.7. The van der Waals surface area contributed by atoms with E-state index >= 15 is 0 Å². The minimum Gasteiger partial charge on any atom is -0.494 e. The second-order valence-electron chi connectivity index (χ2n) is 10.8. The number of hydrogen-bond acceptors (Lipinski definition) is 5. The molecule has 5 nitrogen and oxygen atoms in total. The zero-order valence-corrected chi connectivity index (χ0v) is 25.0. The lowest BCUT2D eigenvalue weighted by molar-refractivity contribution is -0.0342. The molecule has 7 heteroatoms. The van der Waals surface area contributed by atoms with E-state index in [2.05, 4.69) is 41.0 Å². The molecular formula is C31H48Cl2N2O3. The van der Waals surface area contributed by atoms with Crippen molar-refractivity contribution >= 4 is 24.8 Å². The van der Waals surface area contributed by atoms with Crippen LogP contribution in [0.25, 0.3) is 0 Å². The van der Waals surface area contributed by atoms with E-state index in [9.17, 15) is 5.11 Å². The lowest BCUT2D eigenvalue weighted by Crippen LogP contribution is -2.55. The summed E-state index contributed by atoms with van der Waals surface area (Å²) in [5.41, 5.74) is 1.12. The molecule has 1 saturated carbocycles. The summed E-state index contributed by atoms with van der Waals surface area (Å²) in [6.45, 7) is 9.89. The Hall–Kier alpha value is -1.34. The van der Waals surface area contributed by atoms with Crippen molar-refractivity contribution in [3.8, 4) is 5.75 Å². The van der Waals surface area contributed by atoms with E-state index in [-0.39, 0.29) is 30.7 Å². The Morgan fingerprint density at radius 1 is 0.947 bits per heavy atom. The van der Waals surface area contributed by atoms with E-state index in [1.54, 1.807) is 0 Å². The van der Waals surface area contributed by atoms with Gasteiger partial charge < -0.3 is 19.5 Å². The number of benzene rings is 2. The average Bonchev–Trinajstić information content (AvgIpc) is 2.93. The van der Waals surface area contributed by atoms with Crippen molar-refractivity contribution in [1.29, 1.82) is 0 Å². The van der Waals surface area contributed by atoms with Crippen LogP contribution in [0, 0.1) is 0 Å². The van der Waals surface area contributed by atoms with Crippen LogP contribution in [0.1, 0.15) is 69.4 Å². The van der Waals surface area contributed by atoms with Crippen LogP contribution >= 0.6 is 24.8 Å². The Balaban J connectivity index is 0.00000253. The van der Waals surface area contributed by atoms with Gasteiger partial charge in [0, 0.05) is 51.8 Å². The standard InChI is InChI=1S/C31H46N2O3.2ClH/c1-4-5-23-36-27-17-15-26(16-18-27)31(2,34)28(25-11-7-6-8-12-25)24-32-19-21-33(22-20-32)29-13-9-10-14-30(29)35-3;;/h6-8,11-12,15-18,28-30,34H,4-5,9-10,13-14,19-24H2,1-3H3;2*1H. The molecule has 0 bridgehead atoms. The molecule has 2 aliphatic rings. The van der Waals surface area contributed by atoms with Gasteiger partial charge in [-0.05, 0) is 49.4 Å². The van der Waals surface area contributed by atoms with Gasteiger partial charge in [-0.3, -0.25) is 4.90 Å². The molecule has 0 aromatic heterocycles. The second kappa shape index (κ2) is 16.1. The number of piperazine rings is 1. The van der Waals surface area contributed by atoms with E-state index in [0.717, 1.165) is 63.5 Å². The van der Waals surface area contributed by atoms with Crippen LogP contribution in [0.3, 0.4) is 0 Å². The predicted molar refractivity (Wildman–Crippen MR) is 161 cm³/mol. The summed E-state index contributed by atoms with van der Waals surface area (Å²) in [5, 5.41) is 12.0. The summed E-state index contributed by atoms with van der Waals surface area (Å²) in [6, 6.07) is 19.1. The third-order valence-electron chi connectivity index (χ3n) is 8.37. The zero-order valence-electron chi connectivity index (χ0n) is 23.4. The first kappa shape index (κ1) is 32.9. The topological polar surface area (TPSA) is 45.2 Å². The minimum absolute atomic E-state index is 0. The SMILES string of the molecule is CCCCOc1ccc(C(C)(O)C(CN2CCN(C3CCCCC3OC)CC2)c2ccccc2)cc1.Cl.Cl. The van der Waals surface area contributed by atoms with Gasteiger partial charge in [-0.2, -0.15) is 0 Å². The average molecular weight is 568 g/mol. The van der Waals surface area contributed by atoms with Gasteiger partial charge >= 0.3 is 0 Å². The van der Waals surface area contributed by atoms with Gasteiger partial charge in [-0.25, -0.2) is 0 Å². The van der Waals surface area contributed by atoms with Crippen molar-refractivity contribution in [3.63, 3.8) is 0 Å². The Labute approximate surface area is 242 Å². The highest BCUT2D eigenvalue weighted by Crippen LogP contribution is 2.38. The molecule has 2 fully saturated rings. The van der Waals surface area contributed by atoms with Gasteiger partial charge in [0.2, 0.25) is 0 Å². The molecule has 1 aliphatic carbocycles. The van der Waals surface area contributed by atoms with Crippen molar-refractivity contribution < 1.29 is 14.6 Å². The smallest absolute Gasteiger partial charge is 0.119 e. The molecule has 0 amide bonds. The van der Waals surface area contributed by atoms with Crippen molar-refractivity contribution in [1.82, 2.24) is 9.80 Å².